The molecule has 2 unspecified atom stereocenters. The molecule has 0 bridgehead atoms. The van der Waals surface area contributed by atoms with E-state index in [4.69, 9.17) is 10.5 Å². The Morgan fingerprint density at radius 1 is 1.37 bits per heavy atom. The van der Waals surface area contributed by atoms with E-state index in [9.17, 15) is 4.79 Å². The summed E-state index contributed by atoms with van der Waals surface area (Å²) in [5, 5.41) is 0. The third-order valence-electron chi connectivity index (χ3n) is 3.78. The van der Waals surface area contributed by atoms with Crippen LogP contribution in [0.4, 0.5) is 5.69 Å². The van der Waals surface area contributed by atoms with E-state index in [1.165, 1.54) is 0 Å². The third kappa shape index (κ3) is 3.63. The van der Waals surface area contributed by atoms with Crippen molar-refractivity contribution in [1.82, 2.24) is 4.90 Å². The van der Waals surface area contributed by atoms with E-state index in [1.54, 1.807) is 6.07 Å². The van der Waals surface area contributed by atoms with Gasteiger partial charge in [-0.25, -0.2) is 0 Å². The lowest BCUT2D eigenvalue weighted by Gasteiger charge is -2.16. The van der Waals surface area contributed by atoms with Crippen LogP contribution in [-0.4, -0.2) is 30.5 Å². The minimum Gasteiger partial charge on any atom is -0.493 e. The summed E-state index contributed by atoms with van der Waals surface area (Å²) in [6, 6.07) is 7.27. The number of hydrogen-bond acceptors (Lipinski definition) is 3. The Bertz CT molecular complexity index is 438. The number of amides is 1. The number of benzene rings is 1. The smallest absolute Gasteiger partial charge is 0.226 e. The van der Waals surface area contributed by atoms with E-state index in [-0.39, 0.29) is 5.91 Å². The molecule has 4 nitrogen and oxygen atoms in total. The zero-order valence-corrected chi connectivity index (χ0v) is 11.6. The lowest BCUT2D eigenvalue weighted by atomic mass is 10.0. The summed E-state index contributed by atoms with van der Waals surface area (Å²) < 4.78 is 5.54. The highest BCUT2D eigenvalue weighted by Crippen LogP contribution is 2.22. The molecule has 4 heteroatoms. The Hall–Kier alpha value is -1.71. The van der Waals surface area contributed by atoms with Gasteiger partial charge in [-0.05, 0) is 24.0 Å². The summed E-state index contributed by atoms with van der Waals surface area (Å²) in [6.07, 6.45) is 0.425. The van der Waals surface area contributed by atoms with Crippen LogP contribution in [0.5, 0.6) is 5.75 Å². The lowest BCUT2D eigenvalue weighted by Crippen LogP contribution is -2.29. The van der Waals surface area contributed by atoms with E-state index in [1.807, 2.05) is 23.1 Å². The normalized spacial score (nSPS) is 22.5. The first kappa shape index (κ1) is 13.7. The van der Waals surface area contributed by atoms with Crippen molar-refractivity contribution >= 4 is 11.6 Å². The first-order valence-corrected chi connectivity index (χ1v) is 6.82. The van der Waals surface area contributed by atoms with Crippen LogP contribution in [0.15, 0.2) is 24.3 Å². The first-order chi connectivity index (χ1) is 9.06. The van der Waals surface area contributed by atoms with Crippen LogP contribution in [0.1, 0.15) is 20.3 Å². The predicted molar refractivity (Wildman–Crippen MR) is 75.9 cm³/mol. The molecule has 2 atom stereocenters. The van der Waals surface area contributed by atoms with E-state index < -0.39 is 0 Å². The van der Waals surface area contributed by atoms with E-state index >= 15 is 0 Å². The van der Waals surface area contributed by atoms with Gasteiger partial charge in [0.2, 0.25) is 5.91 Å². The second-order valence-electron chi connectivity index (χ2n) is 5.42. The summed E-state index contributed by atoms with van der Waals surface area (Å²) in [5.74, 6) is 2.09. The zero-order valence-electron chi connectivity index (χ0n) is 11.6. The molecule has 0 saturated carbocycles. The number of likely N-dealkylation sites (tertiary alicyclic amines) is 1. The quantitative estimate of drug-likeness (QED) is 0.846. The number of nitrogens with two attached hydrogens (primary N) is 1. The number of carbonyl (C=O) groups excluding carboxylic acids is 1. The van der Waals surface area contributed by atoms with Crippen molar-refractivity contribution in [3.8, 4) is 5.75 Å². The maximum absolute atomic E-state index is 12.0. The summed E-state index contributed by atoms with van der Waals surface area (Å²) in [5.41, 5.74) is 6.34. The van der Waals surface area contributed by atoms with Crippen molar-refractivity contribution in [2.75, 3.05) is 25.4 Å². The molecule has 1 heterocycles. The Morgan fingerprint density at radius 3 is 2.68 bits per heavy atom. The molecule has 1 saturated heterocycles. The van der Waals surface area contributed by atoms with E-state index in [0.717, 1.165) is 18.8 Å². The SMILES string of the molecule is CC1CN(C(=O)CCOc2cccc(N)c2)CC1C. The Morgan fingerprint density at radius 2 is 2.05 bits per heavy atom. The van der Waals surface area contributed by atoms with E-state index in [2.05, 4.69) is 13.8 Å². The van der Waals surface area contributed by atoms with Crippen molar-refractivity contribution in [2.45, 2.75) is 20.3 Å². The van der Waals surface area contributed by atoms with Crippen LogP contribution in [0.25, 0.3) is 0 Å². The topological polar surface area (TPSA) is 55.6 Å². The molecular formula is C15H22N2O2. The maximum Gasteiger partial charge on any atom is 0.226 e. The summed E-state index contributed by atoms with van der Waals surface area (Å²) in [4.78, 5) is 14.0. The fourth-order valence-corrected chi connectivity index (χ4v) is 2.35. The second-order valence-corrected chi connectivity index (χ2v) is 5.42. The van der Waals surface area contributed by atoms with Gasteiger partial charge in [-0.1, -0.05) is 19.9 Å². The zero-order chi connectivity index (χ0) is 13.8. The third-order valence-corrected chi connectivity index (χ3v) is 3.78. The standard InChI is InChI=1S/C15H22N2O2/c1-11-9-17(10-12(11)2)15(18)6-7-19-14-5-3-4-13(16)8-14/h3-5,8,11-12H,6-7,9-10,16H2,1-2H3. The lowest BCUT2D eigenvalue weighted by molar-refractivity contribution is -0.130. The Balaban J connectivity index is 1.75. The van der Waals surface area contributed by atoms with Gasteiger partial charge >= 0.3 is 0 Å². The molecule has 0 aromatic heterocycles. The van der Waals surface area contributed by atoms with Gasteiger partial charge in [0, 0.05) is 24.8 Å². The number of hydrogen-bond donors (Lipinski definition) is 1. The van der Waals surface area contributed by atoms with Crippen LogP contribution >= 0.6 is 0 Å². The van der Waals surface area contributed by atoms with Crippen molar-refractivity contribution in [1.29, 1.82) is 0 Å². The van der Waals surface area contributed by atoms with Gasteiger partial charge in [0.15, 0.2) is 0 Å². The maximum atomic E-state index is 12.0. The van der Waals surface area contributed by atoms with Crippen molar-refractivity contribution < 1.29 is 9.53 Å². The second kappa shape index (κ2) is 5.95. The van der Waals surface area contributed by atoms with Crippen LogP contribution < -0.4 is 10.5 Å². The van der Waals surface area contributed by atoms with Gasteiger partial charge in [-0.3, -0.25) is 4.79 Å². The van der Waals surface area contributed by atoms with Crippen LogP contribution in [-0.2, 0) is 4.79 Å². The van der Waals surface area contributed by atoms with Gasteiger partial charge in [-0.2, -0.15) is 0 Å². The van der Waals surface area contributed by atoms with Gasteiger partial charge in [0.25, 0.3) is 0 Å². The van der Waals surface area contributed by atoms with Crippen LogP contribution in [0, 0.1) is 11.8 Å². The molecule has 104 valence electrons. The highest BCUT2D eigenvalue weighted by Gasteiger charge is 2.28. The molecule has 1 aliphatic heterocycles. The molecule has 2 rings (SSSR count). The van der Waals surface area contributed by atoms with E-state index in [0.29, 0.717) is 30.6 Å². The van der Waals surface area contributed by atoms with Gasteiger partial charge in [-0.15, -0.1) is 0 Å². The average molecular weight is 262 g/mol. The van der Waals surface area contributed by atoms with Gasteiger partial charge in [0.1, 0.15) is 5.75 Å². The van der Waals surface area contributed by atoms with Gasteiger partial charge in [0.05, 0.1) is 13.0 Å². The number of rotatable bonds is 4. The number of anilines is 1. The fourth-order valence-electron chi connectivity index (χ4n) is 2.35. The van der Waals surface area contributed by atoms with Crippen LogP contribution in [0.3, 0.4) is 0 Å². The monoisotopic (exact) mass is 262 g/mol. The summed E-state index contributed by atoms with van der Waals surface area (Å²) in [6.45, 7) is 6.54. The molecule has 0 radical (unpaired) electrons. The van der Waals surface area contributed by atoms with Crippen molar-refractivity contribution in [2.24, 2.45) is 11.8 Å². The number of nitrogen functional groups attached to an aromatic ring is 1. The molecule has 1 aromatic rings. The highest BCUT2D eigenvalue weighted by atomic mass is 16.5. The highest BCUT2D eigenvalue weighted by molar-refractivity contribution is 5.76. The molecule has 0 aliphatic carbocycles. The minimum absolute atomic E-state index is 0.181. The molecule has 1 aromatic carbocycles. The van der Waals surface area contributed by atoms with Gasteiger partial charge < -0.3 is 15.4 Å². The summed E-state index contributed by atoms with van der Waals surface area (Å²) >= 11 is 0. The number of carbonyl (C=O) groups is 1. The molecule has 19 heavy (non-hydrogen) atoms. The molecule has 1 aliphatic rings. The summed E-state index contributed by atoms with van der Waals surface area (Å²) in [7, 11) is 0. The minimum atomic E-state index is 0.181. The molecule has 0 spiro atoms. The molecule has 1 amide bonds. The fraction of sp³-hybridized carbons (Fsp3) is 0.533. The molecule has 2 N–H and O–H groups in total. The average Bonchev–Trinajstić information content (AvgIpc) is 2.70. The predicted octanol–water partition coefficient (Wildman–Crippen LogP) is 2.15. The largest absolute Gasteiger partial charge is 0.493 e. The molecular weight excluding hydrogens is 240 g/mol. The Labute approximate surface area is 114 Å². The van der Waals surface area contributed by atoms with Crippen molar-refractivity contribution in [3.63, 3.8) is 0 Å². The first-order valence-electron chi connectivity index (χ1n) is 6.82. The molecule has 1 fully saturated rings. The number of ether oxygens (including phenoxy) is 1. The Kier molecular flexibility index (Phi) is 4.30. The van der Waals surface area contributed by atoms with Crippen LogP contribution in [0.2, 0.25) is 0 Å². The van der Waals surface area contributed by atoms with Crippen molar-refractivity contribution in [3.05, 3.63) is 24.3 Å². The number of nitrogens with zero attached hydrogens (tertiary/aromatic N) is 1.